The molecule has 19 heavy (non-hydrogen) atoms. The fourth-order valence-electron chi connectivity index (χ4n) is 2.17. The molecule has 0 aliphatic carbocycles. The first-order chi connectivity index (χ1) is 9.11. The van der Waals surface area contributed by atoms with Crippen LogP contribution < -0.4 is 5.32 Å². The van der Waals surface area contributed by atoms with Gasteiger partial charge in [-0.1, -0.05) is 6.07 Å². The molecule has 1 aliphatic rings. The minimum absolute atomic E-state index is 0.0256. The lowest BCUT2D eigenvalue weighted by molar-refractivity contribution is -0.0388. The van der Waals surface area contributed by atoms with E-state index in [0.717, 1.165) is 12.4 Å². The number of nitrogens with one attached hydrogen (secondary N) is 1. The minimum atomic E-state index is -0.0256. The maximum Gasteiger partial charge on any atom is 0.272 e. The van der Waals surface area contributed by atoms with Gasteiger partial charge >= 0.3 is 0 Å². The number of nitrogens with zero attached hydrogens (tertiary/aromatic N) is 2. The van der Waals surface area contributed by atoms with Gasteiger partial charge in [-0.05, 0) is 32.9 Å². The van der Waals surface area contributed by atoms with Gasteiger partial charge in [-0.15, -0.1) is 0 Å². The highest BCUT2D eigenvalue weighted by Crippen LogP contribution is 2.15. The standard InChI is InChI=1S/C14H21N3O2/c1-4-15-13-7-5-6-12(16-13)14(18)17-8-11(3)19-9-10(17)2/h5-7,10-11H,4,8-9H2,1-3H3,(H,15,16). The Morgan fingerprint density at radius 3 is 3.05 bits per heavy atom. The first-order valence-electron chi connectivity index (χ1n) is 6.75. The lowest BCUT2D eigenvalue weighted by atomic mass is 10.2. The van der Waals surface area contributed by atoms with Crippen LogP contribution in [0.3, 0.4) is 0 Å². The van der Waals surface area contributed by atoms with E-state index in [-0.39, 0.29) is 18.1 Å². The van der Waals surface area contributed by atoms with Crippen LogP contribution in [0.5, 0.6) is 0 Å². The maximum atomic E-state index is 12.5. The second-order valence-electron chi connectivity index (χ2n) is 4.89. The summed E-state index contributed by atoms with van der Waals surface area (Å²) >= 11 is 0. The number of morpholine rings is 1. The zero-order chi connectivity index (χ0) is 13.8. The Hall–Kier alpha value is -1.62. The van der Waals surface area contributed by atoms with E-state index in [1.165, 1.54) is 0 Å². The molecule has 2 rings (SSSR count). The number of hydrogen-bond acceptors (Lipinski definition) is 4. The summed E-state index contributed by atoms with van der Waals surface area (Å²) < 4.78 is 5.54. The summed E-state index contributed by atoms with van der Waals surface area (Å²) in [4.78, 5) is 18.7. The van der Waals surface area contributed by atoms with Gasteiger partial charge in [-0.3, -0.25) is 4.79 Å². The number of anilines is 1. The number of aromatic nitrogens is 1. The fourth-order valence-corrected chi connectivity index (χ4v) is 2.17. The molecular weight excluding hydrogens is 242 g/mol. The molecule has 104 valence electrons. The van der Waals surface area contributed by atoms with Gasteiger partial charge in [0.2, 0.25) is 0 Å². The molecule has 0 saturated carbocycles. The number of hydrogen-bond donors (Lipinski definition) is 1. The van der Waals surface area contributed by atoms with Crippen molar-refractivity contribution in [1.82, 2.24) is 9.88 Å². The first-order valence-corrected chi connectivity index (χ1v) is 6.75. The lowest BCUT2D eigenvalue weighted by Gasteiger charge is -2.36. The van der Waals surface area contributed by atoms with E-state index >= 15 is 0 Å². The Labute approximate surface area is 114 Å². The average Bonchev–Trinajstić information content (AvgIpc) is 2.41. The zero-order valence-corrected chi connectivity index (χ0v) is 11.7. The minimum Gasteiger partial charge on any atom is -0.375 e. The molecule has 0 bridgehead atoms. The molecule has 0 radical (unpaired) electrons. The van der Waals surface area contributed by atoms with Crippen LogP contribution in [0.1, 0.15) is 31.3 Å². The van der Waals surface area contributed by atoms with Crippen LogP contribution in [-0.4, -0.2) is 47.6 Å². The normalized spacial score (nSPS) is 23.2. The molecule has 1 aliphatic heterocycles. The van der Waals surface area contributed by atoms with Crippen molar-refractivity contribution >= 4 is 11.7 Å². The van der Waals surface area contributed by atoms with Crippen molar-refractivity contribution in [3.8, 4) is 0 Å². The summed E-state index contributed by atoms with van der Waals surface area (Å²) in [6, 6.07) is 5.57. The van der Waals surface area contributed by atoms with Gasteiger partial charge in [-0.25, -0.2) is 4.98 Å². The van der Waals surface area contributed by atoms with Crippen molar-refractivity contribution in [3.63, 3.8) is 0 Å². The Balaban J connectivity index is 2.16. The third-order valence-corrected chi connectivity index (χ3v) is 3.19. The van der Waals surface area contributed by atoms with Gasteiger partial charge in [0.25, 0.3) is 5.91 Å². The Kier molecular flexibility index (Phi) is 4.37. The van der Waals surface area contributed by atoms with Crippen LogP contribution in [-0.2, 0) is 4.74 Å². The van der Waals surface area contributed by atoms with Gasteiger partial charge in [0.15, 0.2) is 0 Å². The fraction of sp³-hybridized carbons (Fsp3) is 0.571. The number of carbonyl (C=O) groups is 1. The summed E-state index contributed by atoms with van der Waals surface area (Å²) in [6.07, 6.45) is 0.0806. The highest BCUT2D eigenvalue weighted by molar-refractivity contribution is 5.93. The molecule has 5 heteroatoms. The Morgan fingerprint density at radius 2 is 2.32 bits per heavy atom. The van der Waals surface area contributed by atoms with Gasteiger partial charge in [0, 0.05) is 13.1 Å². The van der Waals surface area contributed by atoms with Crippen LogP contribution >= 0.6 is 0 Å². The molecule has 0 spiro atoms. The van der Waals surface area contributed by atoms with Crippen molar-refractivity contribution in [3.05, 3.63) is 23.9 Å². The highest BCUT2D eigenvalue weighted by atomic mass is 16.5. The molecule has 1 amide bonds. The van der Waals surface area contributed by atoms with Crippen molar-refractivity contribution in [2.45, 2.75) is 32.9 Å². The highest BCUT2D eigenvalue weighted by Gasteiger charge is 2.28. The lowest BCUT2D eigenvalue weighted by Crippen LogP contribution is -2.50. The number of carbonyl (C=O) groups excluding carboxylic acids is 1. The molecule has 1 N–H and O–H groups in total. The molecule has 1 fully saturated rings. The number of amides is 1. The smallest absolute Gasteiger partial charge is 0.272 e. The van der Waals surface area contributed by atoms with Gasteiger partial charge in [0.1, 0.15) is 11.5 Å². The van der Waals surface area contributed by atoms with Crippen molar-refractivity contribution in [1.29, 1.82) is 0 Å². The molecule has 2 atom stereocenters. The van der Waals surface area contributed by atoms with Gasteiger partial charge in [0.05, 0.1) is 18.8 Å². The molecule has 2 heterocycles. The maximum absolute atomic E-state index is 12.5. The molecule has 2 unspecified atom stereocenters. The second-order valence-corrected chi connectivity index (χ2v) is 4.89. The largest absolute Gasteiger partial charge is 0.375 e. The molecule has 1 aromatic heterocycles. The van der Waals surface area contributed by atoms with Crippen molar-refractivity contribution in [2.75, 3.05) is 25.0 Å². The Bertz CT molecular complexity index is 450. The SMILES string of the molecule is CCNc1cccc(C(=O)N2CC(C)OCC2C)n1. The predicted octanol–water partition coefficient (Wildman–Crippen LogP) is 1.76. The average molecular weight is 263 g/mol. The summed E-state index contributed by atoms with van der Waals surface area (Å²) in [5.41, 5.74) is 0.486. The molecule has 0 aromatic carbocycles. The van der Waals surface area contributed by atoms with Crippen LogP contribution in [0.25, 0.3) is 0 Å². The van der Waals surface area contributed by atoms with E-state index in [2.05, 4.69) is 10.3 Å². The van der Waals surface area contributed by atoms with Crippen LogP contribution in [0.2, 0.25) is 0 Å². The second kappa shape index (κ2) is 6.02. The van der Waals surface area contributed by atoms with E-state index in [1.807, 2.05) is 37.8 Å². The zero-order valence-electron chi connectivity index (χ0n) is 11.7. The summed E-state index contributed by atoms with van der Waals surface area (Å²) in [5.74, 6) is 0.713. The number of ether oxygens (including phenoxy) is 1. The van der Waals surface area contributed by atoms with E-state index < -0.39 is 0 Å². The van der Waals surface area contributed by atoms with E-state index in [9.17, 15) is 4.79 Å². The van der Waals surface area contributed by atoms with Gasteiger partial charge < -0.3 is 15.0 Å². The molecule has 1 aromatic rings. The van der Waals surface area contributed by atoms with Gasteiger partial charge in [-0.2, -0.15) is 0 Å². The third-order valence-electron chi connectivity index (χ3n) is 3.19. The van der Waals surface area contributed by atoms with Crippen molar-refractivity contribution in [2.24, 2.45) is 0 Å². The third kappa shape index (κ3) is 3.23. The van der Waals surface area contributed by atoms with Crippen LogP contribution in [0, 0.1) is 0 Å². The quantitative estimate of drug-likeness (QED) is 0.903. The van der Waals surface area contributed by atoms with E-state index in [0.29, 0.717) is 18.8 Å². The molecular formula is C14H21N3O2. The molecule has 1 saturated heterocycles. The topological polar surface area (TPSA) is 54.5 Å². The predicted molar refractivity (Wildman–Crippen MR) is 74.3 cm³/mol. The van der Waals surface area contributed by atoms with E-state index in [4.69, 9.17) is 4.74 Å². The van der Waals surface area contributed by atoms with E-state index in [1.54, 1.807) is 6.07 Å². The number of rotatable bonds is 3. The Morgan fingerprint density at radius 1 is 1.53 bits per heavy atom. The van der Waals surface area contributed by atoms with Crippen LogP contribution in [0.4, 0.5) is 5.82 Å². The monoisotopic (exact) mass is 263 g/mol. The van der Waals surface area contributed by atoms with Crippen LogP contribution in [0.15, 0.2) is 18.2 Å². The summed E-state index contributed by atoms with van der Waals surface area (Å²) in [6.45, 7) is 7.97. The first kappa shape index (κ1) is 13.8. The number of pyridine rings is 1. The summed E-state index contributed by atoms with van der Waals surface area (Å²) in [7, 11) is 0. The summed E-state index contributed by atoms with van der Waals surface area (Å²) in [5, 5.41) is 3.12. The van der Waals surface area contributed by atoms with Crippen molar-refractivity contribution < 1.29 is 9.53 Å². The molecule has 5 nitrogen and oxygen atoms in total.